The largest absolute Gasteiger partial charge is 0.493 e. The summed E-state index contributed by atoms with van der Waals surface area (Å²) in [7, 11) is 4.77. The number of ether oxygens (including phenoxy) is 3. The summed E-state index contributed by atoms with van der Waals surface area (Å²) in [4.78, 5) is 15.0. The molecule has 0 spiro atoms. The Hall–Kier alpha value is -2.71. The molecule has 4 rings (SSSR count). The van der Waals surface area contributed by atoms with Crippen molar-refractivity contribution in [1.82, 2.24) is 10.2 Å². The molecule has 33 heavy (non-hydrogen) atoms. The van der Waals surface area contributed by atoms with Gasteiger partial charge >= 0.3 is 0 Å². The van der Waals surface area contributed by atoms with Gasteiger partial charge in [-0.05, 0) is 49.1 Å². The molecule has 1 aromatic carbocycles. The third-order valence-corrected chi connectivity index (χ3v) is 7.09. The maximum Gasteiger partial charge on any atom is 0.234 e. The minimum atomic E-state index is -0.732. The number of piperidine rings is 1. The van der Waals surface area contributed by atoms with Gasteiger partial charge in [-0.1, -0.05) is 12.8 Å². The van der Waals surface area contributed by atoms with E-state index in [4.69, 9.17) is 18.6 Å². The topological polar surface area (TPSA) is 93.4 Å². The summed E-state index contributed by atoms with van der Waals surface area (Å²) in [6.07, 6.45) is 6.03. The summed E-state index contributed by atoms with van der Waals surface area (Å²) in [5, 5.41) is 14.5. The van der Waals surface area contributed by atoms with Crippen molar-refractivity contribution in [3.63, 3.8) is 0 Å². The number of nitrogens with one attached hydrogen (secondary N) is 1. The highest BCUT2D eigenvalue weighted by Gasteiger charge is 2.49. The van der Waals surface area contributed by atoms with Gasteiger partial charge in [0.05, 0.1) is 46.3 Å². The zero-order chi connectivity index (χ0) is 23.4. The molecule has 1 aliphatic carbocycles. The van der Waals surface area contributed by atoms with Gasteiger partial charge in [-0.2, -0.15) is 0 Å². The lowest BCUT2D eigenvalue weighted by Crippen LogP contribution is -2.56. The van der Waals surface area contributed by atoms with E-state index in [1.165, 1.54) is 0 Å². The first-order valence-corrected chi connectivity index (χ1v) is 11.5. The SMILES string of the molecule is COc1cc([C@H]2[C@@H]3CCCC[C@@]3(O)CCN2CC(=O)NCc2ccco2)cc(OC)c1OC. The third-order valence-electron chi connectivity index (χ3n) is 7.09. The maximum absolute atomic E-state index is 12.8. The Balaban J connectivity index is 1.64. The summed E-state index contributed by atoms with van der Waals surface area (Å²) in [5.41, 5.74) is 0.220. The number of fused-ring (bicyclic) bond motifs is 1. The maximum atomic E-state index is 12.8. The number of carbonyl (C=O) groups is 1. The minimum Gasteiger partial charge on any atom is -0.493 e. The Morgan fingerprint density at radius 1 is 1.18 bits per heavy atom. The molecule has 2 N–H and O–H groups in total. The molecule has 2 aromatic rings. The van der Waals surface area contributed by atoms with Crippen molar-refractivity contribution in [2.75, 3.05) is 34.4 Å². The van der Waals surface area contributed by atoms with Gasteiger partial charge in [-0.25, -0.2) is 0 Å². The lowest BCUT2D eigenvalue weighted by molar-refractivity contribution is -0.138. The van der Waals surface area contributed by atoms with Gasteiger partial charge in [0.25, 0.3) is 0 Å². The van der Waals surface area contributed by atoms with Crippen molar-refractivity contribution in [3.05, 3.63) is 41.9 Å². The van der Waals surface area contributed by atoms with Crippen LogP contribution in [-0.4, -0.2) is 55.9 Å². The second-order valence-electron chi connectivity index (χ2n) is 8.94. The van der Waals surface area contributed by atoms with Crippen molar-refractivity contribution in [3.8, 4) is 17.2 Å². The van der Waals surface area contributed by atoms with Crippen LogP contribution in [0.2, 0.25) is 0 Å². The molecule has 0 radical (unpaired) electrons. The lowest BCUT2D eigenvalue weighted by atomic mass is 9.66. The molecule has 2 fully saturated rings. The Labute approximate surface area is 194 Å². The van der Waals surface area contributed by atoms with Gasteiger partial charge < -0.3 is 29.1 Å². The molecule has 8 nitrogen and oxygen atoms in total. The molecular formula is C25H34N2O6. The van der Waals surface area contributed by atoms with Crippen LogP contribution < -0.4 is 19.5 Å². The molecule has 0 bridgehead atoms. The first-order chi connectivity index (χ1) is 16.0. The quantitative estimate of drug-likeness (QED) is 0.627. The Morgan fingerprint density at radius 3 is 2.58 bits per heavy atom. The summed E-state index contributed by atoms with van der Waals surface area (Å²) >= 11 is 0. The van der Waals surface area contributed by atoms with E-state index in [2.05, 4.69) is 10.2 Å². The number of methoxy groups -OCH3 is 3. The number of furan rings is 1. The van der Waals surface area contributed by atoms with Gasteiger partial charge in [-0.3, -0.25) is 9.69 Å². The van der Waals surface area contributed by atoms with Crippen LogP contribution >= 0.6 is 0 Å². The van der Waals surface area contributed by atoms with Crippen LogP contribution in [0.4, 0.5) is 0 Å². The van der Waals surface area contributed by atoms with Crippen LogP contribution in [0.5, 0.6) is 17.2 Å². The van der Waals surface area contributed by atoms with Gasteiger partial charge in [0.2, 0.25) is 11.7 Å². The molecule has 2 heterocycles. The van der Waals surface area contributed by atoms with Crippen LogP contribution in [0.1, 0.15) is 49.5 Å². The summed E-state index contributed by atoms with van der Waals surface area (Å²) in [6, 6.07) is 7.38. The van der Waals surface area contributed by atoms with Crippen LogP contribution in [0.15, 0.2) is 34.9 Å². The van der Waals surface area contributed by atoms with Crippen LogP contribution in [0, 0.1) is 5.92 Å². The molecule has 1 amide bonds. The number of aliphatic hydroxyl groups is 1. The first-order valence-electron chi connectivity index (χ1n) is 11.5. The Bertz CT molecular complexity index is 921. The normalized spacial score (nSPS) is 25.2. The van der Waals surface area contributed by atoms with E-state index in [0.717, 1.165) is 31.2 Å². The Morgan fingerprint density at radius 2 is 1.94 bits per heavy atom. The number of benzene rings is 1. The lowest BCUT2D eigenvalue weighted by Gasteiger charge is -2.52. The summed E-state index contributed by atoms with van der Waals surface area (Å²) < 4.78 is 22.0. The highest BCUT2D eigenvalue weighted by molar-refractivity contribution is 5.78. The average Bonchev–Trinajstić information content (AvgIpc) is 3.35. The smallest absolute Gasteiger partial charge is 0.234 e. The van der Waals surface area contributed by atoms with Crippen LogP contribution in [-0.2, 0) is 11.3 Å². The fourth-order valence-electron chi connectivity index (χ4n) is 5.47. The molecule has 1 aromatic heterocycles. The molecule has 0 unspecified atom stereocenters. The molecule has 3 atom stereocenters. The summed E-state index contributed by atoms with van der Waals surface area (Å²) in [6.45, 7) is 1.21. The van der Waals surface area contributed by atoms with Crippen molar-refractivity contribution in [2.45, 2.75) is 50.3 Å². The molecule has 2 aliphatic rings. The number of nitrogens with zero attached hydrogens (tertiary/aromatic N) is 1. The second kappa shape index (κ2) is 10.1. The average molecular weight is 459 g/mol. The molecule has 8 heteroatoms. The zero-order valence-corrected chi connectivity index (χ0v) is 19.6. The number of hydrogen-bond donors (Lipinski definition) is 2. The van der Waals surface area contributed by atoms with Crippen molar-refractivity contribution >= 4 is 5.91 Å². The zero-order valence-electron chi connectivity index (χ0n) is 19.6. The molecule has 1 aliphatic heterocycles. The second-order valence-corrected chi connectivity index (χ2v) is 8.94. The summed E-state index contributed by atoms with van der Waals surface area (Å²) in [5.74, 6) is 2.31. The fraction of sp³-hybridized carbons (Fsp3) is 0.560. The third kappa shape index (κ3) is 4.82. The monoisotopic (exact) mass is 458 g/mol. The van der Waals surface area contributed by atoms with E-state index < -0.39 is 5.60 Å². The molecule has 180 valence electrons. The highest BCUT2D eigenvalue weighted by atomic mass is 16.5. The van der Waals surface area contributed by atoms with Crippen molar-refractivity contribution < 1.29 is 28.5 Å². The van der Waals surface area contributed by atoms with Gasteiger partial charge in [0.1, 0.15) is 5.76 Å². The number of hydrogen-bond acceptors (Lipinski definition) is 7. The van der Waals surface area contributed by atoms with E-state index in [-0.39, 0.29) is 24.4 Å². The van der Waals surface area contributed by atoms with E-state index in [1.807, 2.05) is 18.2 Å². The minimum absolute atomic E-state index is 0.0145. The van der Waals surface area contributed by atoms with Crippen molar-refractivity contribution in [1.29, 1.82) is 0 Å². The number of amides is 1. The first kappa shape index (κ1) is 23.4. The van der Waals surface area contributed by atoms with Gasteiger partial charge in [0, 0.05) is 18.5 Å². The van der Waals surface area contributed by atoms with E-state index in [1.54, 1.807) is 33.7 Å². The van der Waals surface area contributed by atoms with Crippen LogP contribution in [0.3, 0.4) is 0 Å². The predicted octanol–water partition coefficient (Wildman–Crippen LogP) is 3.29. The van der Waals surface area contributed by atoms with E-state index in [9.17, 15) is 9.90 Å². The highest BCUT2D eigenvalue weighted by Crippen LogP contribution is 2.51. The fourth-order valence-corrected chi connectivity index (χ4v) is 5.47. The number of carbonyl (C=O) groups excluding carboxylic acids is 1. The van der Waals surface area contributed by atoms with E-state index >= 15 is 0 Å². The van der Waals surface area contributed by atoms with Gasteiger partial charge in [-0.15, -0.1) is 0 Å². The predicted molar refractivity (Wildman–Crippen MR) is 122 cm³/mol. The molecular weight excluding hydrogens is 424 g/mol. The van der Waals surface area contributed by atoms with E-state index in [0.29, 0.717) is 42.5 Å². The Kier molecular flexibility index (Phi) is 7.14. The van der Waals surface area contributed by atoms with Crippen molar-refractivity contribution in [2.24, 2.45) is 5.92 Å². The van der Waals surface area contributed by atoms with Gasteiger partial charge in [0.15, 0.2) is 11.5 Å². The number of rotatable bonds is 8. The van der Waals surface area contributed by atoms with Crippen LogP contribution in [0.25, 0.3) is 0 Å². The molecule has 1 saturated carbocycles. The standard InChI is InChI=1S/C25H34N2O6/c1-30-20-13-17(14-21(31-2)24(20)32-3)23-19-8-4-5-9-25(19,29)10-11-27(23)16-22(28)26-15-18-7-6-12-33-18/h6-7,12-14,19,23,29H,4-5,8-11,15-16H2,1-3H3,(H,26,28)/t19-,23-,25+/m0/s1. The molecule has 1 saturated heterocycles. The number of likely N-dealkylation sites (tertiary alicyclic amines) is 1.